The summed E-state index contributed by atoms with van der Waals surface area (Å²) in [6, 6.07) is 4.41. The molecule has 6 fully saturated rings. The summed E-state index contributed by atoms with van der Waals surface area (Å²) in [6.45, 7) is 4.03. The van der Waals surface area contributed by atoms with Crippen LogP contribution < -0.4 is 42.3 Å². The van der Waals surface area contributed by atoms with Gasteiger partial charge < -0.3 is 36.6 Å². The second kappa shape index (κ2) is 14.9. The molecular formula is C48H38F6N10O7. The summed E-state index contributed by atoms with van der Waals surface area (Å²) in [7, 11) is 0. The van der Waals surface area contributed by atoms with E-state index in [-0.39, 0.29) is 94.5 Å². The van der Waals surface area contributed by atoms with Crippen molar-refractivity contribution in [3.05, 3.63) is 127 Å². The summed E-state index contributed by atoms with van der Waals surface area (Å²) in [5.74, 6) is -9.78. The number of fused-ring (bicyclic) bond motifs is 4. The minimum absolute atomic E-state index is 0.0840. The number of carboxylic acids is 1. The largest absolute Gasteiger partial charge is 0.477 e. The average Bonchev–Trinajstić information content (AvgIpc) is 4.28. The molecule has 17 nitrogen and oxygen atoms in total. The van der Waals surface area contributed by atoms with Gasteiger partial charge in [0.05, 0.1) is 28.2 Å². The van der Waals surface area contributed by atoms with Gasteiger partial charge in [-0.2, -0.15) is 0 Å². The predicted molar refractivity (Wildman–Crippen MR) is 239 cm³/mol. The molecule has 4 aliphatic carbocycles. The van der Waals surface area contributed by atoms with Crippen LogP contribution in [0.5, 0.6) is 0 Å². The Hall–Kier alpha value is -7.82. The summed E-state index contributed by atoms with van der Waals surface area (Å²) >= 11 is 0. The topological polar surface area (TPSA) is 227 Å². The van der Waals surface area contributed by atoms with Gasteiger partial charge in [-0.15, -0.1) is 0 Å². The van der Waals surface area contributed by atoms with Crippen LogP contribution in [0.25, 0.3) is 33.4 Å². The molecule has 71 heavy (non-hydrogen) atoms. The number of nitrogens with zero attached hydrogens (tertiary/aromatic N) is 6. The molecular weight excluding hydrogens is 943 g/mol. The zero-order chi connectivity index (χ0) is 50.1. The fourth-order valence-electron chi connectivity index (χ4n) is 11.9. The number of carbonyl (C=O) groups is 4. The van der Waals surface area contributed by atoms with Crippen LogP contribution in [0.3, 0.4) is 0 Å². The van der Waals surface area contributed by atoms with Crippen LogP contribution in [0.4, 0.5) is 38.0 Å². The van der Waals surface area contributed by atoms with Gasteiger partial charge in [-0.05, 0) is 73.9 Å². The molecule has 2 aliphatic heterocycles. The Balaban J connectivity index is 0.809. The molecule has 4 aromatic heterocycles. The first-order valence-corrected chi connectivity index (χ1v) is 22.6. The van der Waals surface area contributed by atoms with Gasteiger partial charge in [0.25, 0.3) is 5.91 Å². The van der Waals surface area contributed by atoms with E-state index < -0.39 is 110 Å². The number of carbonyl (C=O) groups excluding carboxylic acids is 3. The molecule has 6 aromatic rings. The number of aromatic carboxylic acids is 1. The summed E-state index contributed by atoms with van der Waals surface area (Å²) in [5, 5.41) is 17.2. The Bertz CT molecular complexity index is 3590. The number of anilines is 2. The maximum Gasteiger partial charge on any atom is 0.341 e. The molecule has 2 aromatic carbocycles. The molecule has 2 saturated heterocycles. The molecule has 6 aliphatic rings. The predicted octanol–water partition coefficient (Wildman–Crippen LogP) is 2.88. The standard InChI is InChI=1S/C48H38F6N10O7/c1-17(55)43(67)56-18(2)44(68)57-37-33-25-13-61(15-47(25,33)37)41-29(53)9-21-35(65)23(11-63(39(21)59-41)31-5-3-19(49)7-27(31)51)45(69)58-38-34-26-14-62(16-48(26,34)38)42-30(54)10-22-36(66)24(46(70)71)12-64(40(22)60-42)32-6-4-20(50)8-28(32)52/h3-12,17-18,25-26,33-34,37-38H,13-16,55H2,1-2H3,(H,56,67)(H,57,68)(H,58,69)(H,70,71)/t17-,18?,25?,26?,33?,34?,37?,38?,47?,48?/m0/s1. The van der Waals surface area contributed by atoms with Crippen LogP contribution in [-0.2, 0) is 9.59 Å². The van der Waals surface area contributed by atoms with Gasteiger partial charge in [0.1, 0.15) is 40.4 Å². The van der Waals surface area contributed by atoms with Crippen molar-refractivity contribution in [3.8, 4) is 11.4 Å². The SMILES string of the molecule is CC(NC(=O)[C@H](C)N)C(=O)NC1C2C3CN(c4nc5c(cc4F)c(=O)c(C(=O)NC4C6C7CN(c8nc9c(cc8F)c(=O)c(C(=O)O)cn9-c8ccc(F)cc8F)CC746)cn5-c4ccc(F)cc4F)CC312. The smallest absolute Gasteiger partial charge is 0.341 e. The van der Waals surface area contributed by atoms with Crippen LogP contribution in [-0.4, -0.2) is 98.2 Å². The van der Waals surface area contributed by atoms with Gasteiger partial charge in [0.2, 0.25) is 22.7 Å². The molecule has 10 atom stereocenters. The van der Waals surface area contributed by atoms with E-state index in [1.807, 2.05) is 0 Å². The van der Waals surface area contributed by atoms with Crippen molar-refractivity contribution in [1.82, 2.24) is 35.1 Å². The number of amides is 3. The minimum atomic E-state index is -1.67. The van der Waals surface area contributed by atoms with Crippen molar-refractivity contribution in [1.29, 1.82) is 0 Å². The zero-order valence-electron chi connectivity index (χ0n) is 37.1. The monoisotopic (exact) mass is 980 g/mol. The molecule has 23 heteroatoms. The Morgan fingerprint density at radius 3 is 1.61 bits per heavy atom. The van der Waals surface area contributed by atoms with Gasteiger partial charge in [0.15, 0.2) is 34.6 Å². The van der Waals surface area contributed by atoms with E-state index in [1.165, 1.54) is 13.8 Å². The maximum absolute atomic E-state index is 16.3. The lowest BCUT2D eigenvalue weighted by Gasteiger charge is -2.21. The Kier molecular flexibility index (Phi) is 9.29. The molecule has 0 bridgehead atoms. The van der Waals surface area contributed by atoms with Crippen molar-refractivity contribution < 1.29 is 50.6 Å². The number of aromatic nitrogens is 4. The fraction of sp³-hybridized carbons (Fsp3) is 0.333. The van der Waals surface area contributed by atoms with Crippen LogP contribution in [0, 0.1) is 69.4 Å². The number of carboxylic acid groups (broad SMARTS) is 1. The highest BCUT2D eigenvalue weighted by molar-refractivity contribution is 5.98. The average molecular weight is 981 g/mol. The second-order valence-electron chi connectivity index (χ2n) is 19.5. The number of nitrogens with two attached hydrogens (primary N) is 1. The quantitative estimate of drug-likeness (QED) is 0.118. The number of hydrogen-bond acceptors (Lipinski definition) is 11. The highest BCUT2D eigenvalue weighted by Gasteiger charge is 2.90. The Morgan fingerprint density at radius 2 is 1.14 bits per heavy atom. The molecule has 9 unspecified atom stereocenters. The lowest BCUT2D eigenvalue weighted by molar-refractivity contribution is -0.129. The third kappa shape index (κ3) is 6.36. The van der Waals surface area contributed by atoms with Crippen molar-refractivity contribution in [2.75, 3.05) is 36.0 Å². The van der Waals surface area contributed by atoms with E-state index in [9.17, 15) is 42.7 Å². The number of rotatable bonds is 11. The van der Waals surface area contributed by atoms with E-state index in [4.69, 9.17) is 5.73 Å². The Morgan fingerprint density at radius 1 is 0.676 bits per heavy atom. The van der Waals surface area contributed by atoms with Crippen molar-refractivity contribution in [3.63, 3.8) is 0 Å². The minimum Gasteiger partial charge on any atom is -0.477 e. The number of halogens is 6. The van der Waals surface area contributed by atoms with Gasteiger partial charge in [-0.1, -0.05) is 0 Å². The molecule has 364 valence electrons. The summed E-state index contributed by atoms with van der Waals surface area (Å²) in [5.41, 5.74) is 0.115. The van der Waals surface area contributed by atoms with Crippen molar-refractivity contribution in [2.24, 2.45) is 40.2 Å². The number of benzene rings is 2. The fourth-order valence-corrected chi connectivity index (χ4v) is 11.9. The molecule has 0 radical (unpaired) electrons. The summed E-state index contributed by atoms with van der Waals surface area (Å²) < 4.78 is 93.0. The molecule has 4 saturated carbocycles. The van der Waals surface area contributed by atoms with Crippen molar-refractivity contribution in [2.45, 2.75) is 38.0 Å². The van der Waals surface area contributed by atoms with Gasteiger partial charge >= 0.3 is 5.97 Å². The van der Waals surface area contributed by atoms with E-state index in [0.717, 1.165) is 57.9 Å². The van der Waals surface area contributed by atoms with Crippen LogP contribution in [0.15, 0.2) is 70.5 Å². The highest BCUT2D eigenvalue weighted by Crippen LogP contribution is 2.83. The van der Waals surface area contributed by atoms with Crippen LogP contribution in [0.1, 0.15) is 34.6 Å². The highest BCUT2D eigenvalue weighted by atomic mass is 19.2. The number of nitrogens with one attached hydrogen (secondary N) is 3. The second-order valence-corrected chi connectivity index (χ2v) is 19.5. The van der Waals surface area contributed by atoms with Gasteiger partial charge in [-0.3, -0.25) is 33.1 Å². The molecule has 6 heterocycles. The third-order valence-corrected chi connectivity index (χ3v) is 15.7. The van der Waals surface area contributed by atoms with Crippen molar-refractivity contribution >= 4 is 57.4 Å². The van der Waals surface area contributed by atoms with Gasteiger partial charge in [0, 0.05) is 73.6 Å². The zero-order valence-corrected chi connectivity index (χ0v) is 37.1. The third-order valence-electron chi connectivity index (χ3n) is 15.7. The number of pyridine rings is 4. The lowest BCUT2D eigenvalue weighted by Crippen LogP contribution is -2.51. The van der Waals surface area contributed by atoms with E-state index in [2.05, 4.69) is 25.9 Å². The molecule has 2 spiro atoms. The van der Waals surface area contributed by atoms with Gasteiger partial charge in [-0.25, -0.2) is 41.1 Å². The first kappa shape index (κ1) is 44.4. The maximum atomic E-state index is 16.3. The van der Waals surface area contributed by atoms with Crippen LogP contribution in [0.2, 0.25) is 0 Å². The van der Waals surface area contributed by atoms with Crippen LogP contribution >= 0.6 is 0 Å². The molecule has 6 N–H and O–H groups in total. The summed E-state index contributed by atoms with van der Waals surface area (Å²) in [4.78, 5) is 90.5. The van der Waals surface area contributed by atoms with E-state index in [1.54, 1.807) is 9.80 Å². The van der Waals surface area contributed by atoms with E-state index >= 15 is 17.6 Å². The molecule has 12 rings (SSSR count). The lowest BCUT2D eigenvalue weighted by atomic mass is 10.0. The Labute approximate surface area is 395 Å². The number of hydrogen-bond donors (Lipinski definition) is 5. The summed E-state index contributed by atoms with van der Waals surface area (Å²) in [6.07, 6.45) is 1.88. The number of piperidine rings is 2. The first-order valence-electron chi connectivity index (χ1n) is 22.6. The van der Waals surface area contributed by atoms with E-state index in [0.29, 0.717) is 18.7 Å². The first-order chi connectivity index (χ1) is 33.7. The molecule has 3 amide bonds. The normalized spacial score (nSPS) is 26.8.